The maximum absolute atomic E-state index is 8.63. The summed E-state index contributed by atoms with van der Waals surface area (Å²) in [4.78, 5) is 0. The van der Waals surface area contributed by atoms with Crippen molar-refractivity contribution < 1.29 is 5.11 Å². The van der Waals surface area contributed by atoms with Gasteiger partial charge < -0.3 is 5.11 Å². The van der Waals surface area contributed by atoms with E-state index in [1.807, 2.05) is 6.07 Å². The lowest BCUT2D eigenvalue weighted by atomic mass is 10.00. The molecule has 0 unspecified atom stereocenters. The first-order chi connectivity index (χ1) is 14.3. The molecule has 0 fully saturated rings. The third-order valence-electron chi connectivity index (χ3n) is 5.39. The molecule has 0 spiro atoms. The third kappa shape index (κ3) is 14.8. The highest BCUT2D eigenvalue weighted by molar-refractivity contribution is 5.23. The van der Waals surface area contributed by atoms with Crippen molar-refractivity contribution in [3.05, 3.63) is 65.7 Å². The second-order valence-corrected chi connectivity index (χ2v) is 8.19. The van der Waals surface area contributed by atoms with E-state index in [9.17, 15) is 0 Å². The fraction of sp³-hybridized carbons (Fsp3) is 0.571. The highest BCUT2D eigenvalue weighted by Gasteiger charge is 1.98. The van der Waals surface area contributed by atoms with E-state index in [1.54, 1.807) is 35.4 Å². The Bertz CT molecular complexity index is 559. The van der Waals surface area contributed by atoms with E-state index in [1.165, 1.54) is 89.9 Å². The van der Waals surface area contributed by atoms with Gasteiger partial charge in [-0.2, -0.15) is 0 Å². The van der Waals surface area contributed by atoms with Crippen molar-refractivity contribution in [1.82, 2.24) is 0 Å². The SMILES string of the molecule is CCCCCCCCc1cccc(CCCCCCCC)c1.Oc1ccccc1. The van der Waals surface area contributed by atoms with Crippen molar-refractivity contribution in [2.24, 2.45) is 0 Å². The van der Waals surface area contributed by atoms with Gasteiger partial charge in [0, 0.05) is 0 Å². The standard InChI is InChI=1S/C22H38.C6H6O/c1-3-5-7-9-11-13-16-21-18-15-19-22(20-21)17-14-12-10-8-6-4-2;7-6-4-2-1-3-5-6/h15,18-20H,3-14,16-17H2,1-2H3;1-5,7H. The summed E-state index contributed by atoms with van der Waals surface area (Å²) in [5.74, 6) is 0.322. The van der Waals surface area contributed by atoms with Crippen LogP contribution in [0.3, 0.4) is 0 Å². The van der Waals surface area contributed by atoms with Crippen LogP contribution in [-0.4, -0.2) is 5.11 Å². The fourth-order valence-corrected chi connectivity index (χ4v) is 3.59. The van der Waals surface area contributed by atoms with Gasteiger partial charge in [0.2, 0.25) is 0 Å². The first kappa shape index (κ1) is 25.3. The van der Waals surface area contributed by atoms with E-state index in [2.05, 4.69) is 38.1 Å². The zero-order valence-corrected chi connectivity index (χ0v) is 19.0. The Labute approximate surface area is 180 Å². The zero-order chi connectivity index (χ0) is 21.0. The van der Waals surface area contributed by atoms with Crippen LogP contribution in [0, 0.1) is 0 Å². The number of hydrogen-bond donors (Lipinski definition) is 1. The molecule has 0 aliphatic carbocycles. The molecule has 0 saturated heterocycles. The van der Waals surface area contributed by atoms with Crippen LogP contribution in [0.5, 0.6) is 5.75 Å². The maximum Gasteiger partial charge on any atom is 0.115 e. The average molecular weight is 397 g/mol. The topological polar surface area (TPSA) is 20.2 Å². The zero-order valence-electron chi connectivity index (χ0n) is 19.0. The van der Waals surface area contributed by atoms with Gasteiger partial charge in [-0.3, -0.25) is 0 Å². The number of aryl methyl sites for hydroxylation is 2. The third-order valence-corrected chi connectivity index (χ3v) is 5.39. The van der Waals surface area contributed by atoms with Gasteiger partial charge in [-0.15, -0.1) is 0 Å². The number of benzene rings is 2. The van der Waals surface area contributed by atoms with Crippen molar-refractivity contribution in [3.8, 4) is 5.75 Å². The summed E-state index contributed by atoms with van der Waals surface area (Å²) >= 11 is 0. The van der Waals surface area contributed by atoms with Crippen LogP contribution in [-0.2, 0) is 12.8 Å². The molecule has 162 valence electrons. The predicted octanol–water partition coefficient (Wildman–Crippen LogP) is 8.88. The summed E-state index contributed by atoms with van der Waals surface area (Å²) < 4.78 is 0. The highest BCUT2D eigenvalue weighted by Crippen LogP contribution is 2.14. The largest absolute Gasteiger partial charge is 0.508 e. The number of phenolic OH excluding ortho intramolecular Hbond substituents is 1. The Balaban J connectivity index is 0.000000502. The lowest BCUT2D eigenvalue weighted by molar-refractivity contribution is 0.475. The van der Waals surface area contributed by atoms with Crippen LogP contribution < -0.4 is 0 Å². The number of para-hydroxylation sites is 1. The van der Waals surface area contributed by atoms with E-state index in [0.29, 0.717) is 5.75 Å². The molecule has 0 aliphatic heterocycles. The van der Waals surface area contributed by atoms with Crippen LogP contribution in [0.1, 0.15) is 102 Å². The monoisotopic (exact) mass is 396 g/mol. The molecule has 29 heavy (non-hydrogen) atoms. The van der Waals surface area contributed by atoms with Crippen LogP contribution in [0.2, 0.25) is 0 Å². The normalized spacial score (nSPS) is 10.4. The molecule has 0 radical (unpaired) electrons. The van der Waals surface area contributed by atoms with Crippen molar-refractivity contribution in [3.63, 3.8) is 0 Å². The van der Waals surface area contributed by atoms with E-state index in [4.69, 9.17) is 5.11 Å². The minimum absolute atomic E-state index is 0.322. The van der Waals surface area contributed by atoms with Crippen LogP contribution in [0.15, 0.2) is 54.6 Å². The molecule has 1 heteroatoms. The molecule has 0 saturated carbocycles. The van der Waals surface area contributed by atoms with Gasteiger partial charge >= 0.3 is 0 Å². The van der Waals surface area contributed by atoms with E-state index < -0.39 is 0 Å². The lowest BCUT2D eigenvalue weighted by Crippen LogP contribution is -1.91. The summed E-state index contributed by atoms with van der Waals surface area (Å²) in [6.07, 6.45) is 19.3. The highest BCUT2D eigenvalue weighted by atomic mass is 16.3. The van der Waals surface area contributed by atoms with E-state index in [0.717, 1.165) is 0 Å². The smallest absolute Gasteiger partial charge is 0.115 e. The Morgan fingerprint density at radius 2 is 0.966 bits per heavy atom. The van der Waals surface area contributed by atoms with Crippen molar-refractivity contribution in [2.45, 2.75) is 104 Å². The Kier molecular flexibility index (Phi) is 15.9. The molecule has 0 atom stereocenters. The van der Waals surface area contributed by atoms with Crippen molar-refractivity contribution in [2.75, 3.05) is 0 Å². The van der Waals surface area contributed by atoms with Gasteiger partial charge in [-0.1, -0.05) is 121 Å². The van der Waals surface area contributed by atoms with E-state index in [-0.39, 0.29) is 0 Å². The molecule has 1 N–H and O–H groups in total. The van der Waals surface area contributed by atoms with Gasteiger partial charge in [-0.05, 0) is 48.9 Å². The van der Waals surface area contributed by atoms with Gasteiger partial charge in [0.05, 0.1) is 0 Å². The molecular formula is C28H44O. The molecule has 0 bridgehead atoms. The number of aromatic hydroxyl groups is 1. The average Bonchev–Trinajstić information content (AvgIpc) is 2.74. The van der Waals surface area contributed by atoms with Crippen LogP contribution in [0.4, 0.5) is 0 Å². The second kappa shape index (κ2) is 18.3. The van der Waals surface area contributed by atoms with E-state index >= 15 is 0 Å². The molecule has 2 aromatic carbocycles. The van der Waals surface area contributed by atoms with Gasteiger partial charge in [0.1, 0.15) is 5.75 Å². The predicted molar refractivity (Wildman–Crippen MR) is 129 cm³/mol. The molecule has 2 aromatic rings. The van der Waals surface area contributed by atoms with Gasteiger partial charge in [0.15, 0.2) is 0 Å². The first-order valence-corrected chi connectivity index (χ1v) is 12.1. The molecule has 0 amide bonds. The second-order valence-electron chi connectivity index (χ2n) is 8.19. The number of unbranched alkanes of at least 4 members (excludes halogenated alkanes) is 10. The van der Waals surface area contributed by atoms with Crippen molar-refractivity contribution in [1.29, 1.82) is 0 Å². The first-order valence-electron chi connectivity index (χ1n) is 12.1. The molecule has 0 aliphatic rings. The molecular weight excluding hydrogens is 352 g/mol. The summed E-state index contributed by atoms with van der Waals surface area (Å²) in [5.41, 5.74) is 3.11. The Hall–Kier alpha value is -1.76. The molecule has 1 nitrogen and oxygen atoms in total. The summed E-state index contributed by atoms with van der Waals surface area (Å²) in [7, 11) is 0. The Morgan fingerprint density at radius 1 is 0.517 bits per heavy atom. The van der Waals surface area contributed by atoms with Gasteiger partial charge in [0.25, 0.3) is 0 Å². The summed E-state index contributed by atoms with van der Waals surface area (Å²) in [6, 6.07) is 18.1. The maximum atomic E-state index is 8.63. The Morgan fingerprint density at radius 3 is 1.38 bits per heavy atom. The number of phenols is 1. The number of hydrogen-bond acceptors (Lipinski definition) is 1. The van der Waals surface area contributed by atoms with Crippen molar-refractivity contribution >= 4 is 0 Å². The van der Waals surface area contributed by atoms with Gasteiger partial charge in [-0.25, -0.2) is 0 Å². The lowest BCUT2D eigenvalue weighted by Gasteiger charge is -2.06. The minimum Gasteiger partial charge on any atom is -0.508 e. The number of rotatable bonds is 14. The quantitative estimate of drug-likeness (QED) is 0.316. The van der Waals surface area contributed by atoms with Crippen LogP contribution >= 0.6 is 0 Å². The summed E-state index contributed by atoms with van der Waals surface area (Å²) in [6.45, 7) is 4.57. The minimum atomic E-state index is 0.322. The molecule has 0 heterocycles. The molecule has 2 rings (SSSR count). The molecule has 0 aromatic heterocycles. The summed E-state index contributed by atoms with van der Waals surface area (Å²) in [5, 5.41) is 8.63. The fourth-order valence-electron chi connectivity index (χ4n) is 3.59. The van der Waals surface area contributed by atoms with Crippen LogP contribution in [0.25, 0.3) is 0 Å².